The van der Waals surface area contributed by atoms with E-state index in [2.05, 4.69) is 18.8 Å². The molecular formula is C16H21NO3S. The second kappa shape index (κ2) is 6.61. The van der Waals surface area contributed by atoms with Crippen LogP contribution in [0, 0.1) is 24.7 Å². The SMILES string of the molecule is CCC1CCN(S(=O)(=O)c2ccc(C)cc2C#CCO)C1. The van der Waals surface area contributed by atoms with Gasteiger partial charge in [-0.25, -0.2) is 8.42 Å². The Morgan fingerprint density at radius 1 is 1.43 bits per heavy atom. The van der Waals surface area contributed by atoms with Gasteiger partial charge in [-0.2, -0.15) is 4.31 Å². The molecule has 0 aliphatic carbocycles. The molecule has 0 saturated carbocycles. The van der Waals surface area contributed by atoms with E-state index in [9.17, 15) is 8.42 Å². The number of aryl methyl sites for hydroxylation is 1. The monoisotopic (exact) mass is 307 g/mol. The van der Waals surface area contributed by atoms with Crippen molar-refractivity contribution in [1.29, 1.82) is 0 Å². The smallest absolute Gasteiger partial charge is 0.244 e. The Bertz CT molecular complexity index is 670. The Hall–Kier alpha value is -1.35. The van der Waals surface area contributed by atoms with E-state index < -0.39 is 10.0 Å². The third-order valence-corrected chi connectivity index (χ3v) is 5.80. The molecule has 2 rings (SSSR count). The van der Waals surface area contributed by atoms with E-state index in [1.165, 1.54) is 0 Å². The van der Waals surface area contributed by atoms with Crippen LogP contribution in [0.25, 0.3) is 0 Å². The molecular weight excluding hydrogens is 286 g/mol. The third kappa shape index (κ3) is 3.46. The first-order valence-electron chi connectivity index (χ1n) is 7.19. The van der Waals surface area contributed by atoms with Gasteiger partial charge in [0.2, 0.25) is 10.0 Å². The Labute approximate surface area is 126 Å². The predicted octanol–water partition coefficient (Wildman–Crippen LogP) is 1.76. The molecule has 1 aliphatic rings. The zero-order chi connectivity index (χ0) is 15.5. The fourth-order valence-electron chi connectivity index (χ4n) is 2.59. The second-order valence-corrected chi connectivity index (χ2v) is 7.29. The second-order valence-electron chi connectivity index (χ2n) is 5.39. The zero-order valence-corrected chi connectivity index (χ0v) is 13.3. The van der Waals surface area contributed by atoms with Gasteiger partial charge < -0.3 is 5.11 Å². The highest BCUT2D eigenvalue weighted by molar-refractivity contribution is 7.89. The van der Waals surface area contributed by atoms with Gasteiger partial charge in [0, 0.05) is 18.7 Å². The molecule has 1 fully saturated rings. The van der Waals surface area contributed by atoms with Crippen molar-refractivity contribution in [3.63, 3.8) is 0 Å². The molecule has 21 heavy (non-hydrogen) atoms. The van der Waals surface area contributed by atoms with Crippen molar-refractivity contribution in [3.05, 3.63) is 29.3 Å². The number of hydrogen-bond donors (Lipinski definition) is 1. The lowest BCUT2D eigenvalue weighted by Gasteiger charge is -2.17. The van der Waals surface area contributed by atoms with Crippen LogP contribution in [-0.4, -0.2) is 37.5 Å². The van der Waals surface area contributed by atoms with Crippen molar-refractivity contribution in [1.82, 2.24) is 4.31 Å². The molecule has 114 valence electrons. The van der Waals surface area contributed by atoms with Crippen LogP contribution >= 0.6 is 0 Å². The van der Waals surface area contributed by atoms with Crippen LogP contribution < -0.4 is 0 Å². The molecule has 1 atom stereocenters. The molecule has 1 N–H and O–H groups in total. The minimum absolute atomic E-state index is 0.241. The standard InChI is InChI=1S/C16H21NO3S/c1-3-14-8-9-17(12-14)21(19,20)16-7-6-13(2)11-15(16)5-4-10-18/h6-7,11,14,18H,3,8-10,12H2,1-2H3. The highest BCUT2D eigenvalue weighted by atomic mass is 32.2. The molecule has 0 amide bonds. The topological polar surface area (TPSA) is 57.6 Å². The lowest BCUT2D eigenvalue weighted by molar-refractivity contribution is 0.350. The van der Waals surface area contributed by atoms with Gasteiger partial charge >= 0.3 is 0 Å². The van der Waals surface area contributed by atoms with E-state index in [0.29, 0.717) is 24.6 Å². The lowest BCUT2D eigenvalue weighted by atomic mass is 10.1. The van der Waals surface area contributed by atoms with Crippen LogP contribution in [-0.2, 0) is 10.0 Å². The molecule has 1 aromatic carbocycles. The maximum Gasteiger partial charge on any atom is 0.244 e. The zero-order valence-electron chi connectivity index (χ0n) is 12.5. The summed E-state index contributed by atoms with van der Waals surface area (Å²) in [5, 5.41) is 8.84. The maximum absolute atomic E-state index is 12.8. The van der Waals surface area contributed by atoms with E-state index in [1.807, 2.05) is 6.92 Å². The van der Waals surface area contributed by atoms with Crippen molar-refractivity contribution in [2.45, 2.75) is 31.6 Å². The quantitative estimate of drug-likeness (QED) is 0.866. The van der Waals surface area contributed by atoms with Gasteiger partial charge in [-0.05, 0) is 37.0 Å². The number of aliphatic hydroxyl groups excluding tert-OH is 1. The van der Waals surface area contributed by atoms with Gasteiger partial charge in [0.1, 0.15) is 6.61 Å². The van der Waals surface area contributed by atoms with E-state index in [-0.39, 0.29) is 11.5 Å². The Morgan fingerprint density at radius 2 is 2.19 bits per heavy atom. The summed E-state index contributed by atoms with van der Waals surface area (Å²) in [5.41, 5.74) is 1.41. The van der Waals surface area contributed by atoms with E-state index >= 15 is 0 Å². The van der Waals surface area contributed by atoms with Gasteiger partial charge in [0.25, 0.3) is 0 Å². The van der Waals surface area contributed by atoms with Crippen LogP contribution in [0.4, 0.5) is 0 Å². The molecule has 4 nitrogen and oxygen atoms in total. The molecule has 0 spiro atoms. The summed E-state index contributed by atoms with van der Waals surface area (Å²) in [5.74, 6) is 5.73. The number of sulfonamides is 1. The summed E-state index contributed by atoms with van der Waals surface area (Å²) >= 11 is 0. The van der Waals surface area contributed by atoms with Gasteiger partial charge in [0.15, 0.2) is 0 Å². The van der Waals surface area contributed by atoms with Crippen LogP contribution in [0.2, 0.25) is 0 Å². The summed E-state index contributed by atoms with van der Waals surface area (Å²) in [6.07, 6.45) is 1.91. The minimum Gasteiger partial charge on any atom is -0.384 e. The van der Waals surface area contributed by atoms with Gasteiger partial charge in [-0.15, -0.1) is 0 Å². The maximum atomic E-state index is 12.8. The molecule has 0 bridgehead atoms. The normalized spacial score (nSPS) is 19.3. The van der Waals surface area contributed by atoms with Crippen molar-refractivity contribution in [3.8, 4) is 11.8 Å². The highest BCUT2D eigenvalue weighted by Gasteiger charge is 2.32. The molecule has 0 aromatic heterocycles. The number of benzene rings is 1. The number of rotatable bonds is 3. The summed E-state index contributed by atoms with van der Waals surface area (Å²) < 4.78 is 27.1. The van der Waals surface area contributed by atoms with Crippen LogP contribution in [0.3, 0.4) is 0 Å². The number of aliphatic hydroxyl groups is 1. The van der Waals surface area contributed by atoms with Crippen LogP contribution in [0.5, 0.6) is 0 Å². The fraction of sp³-hybridized carbons (Fsp3) is 0.500. The number of hydrogen-bond acceptors (Lipinski definition) is 3. The number of nitrogens with zero attached hydrogens (tertiary/aromatic N) is 1. The fourth-order valence-corrected chi connectivity index (χ4v) is 4.25. The molecule has 1 aromatic rings. The van der Waals surface area contributed by atoms with Crippen LogP contribution in [0.15, 0.2) is 23.1 Å². The summed E-state index contributed by atoms with van der Waals surface area (Å²) in [6, 6.07) is 5.15. The van der Waals surface area contributed by atoms with Crippen molar-refractivity contribution in [2.75, 3.05) is 19.7 Å². The molecule has 1 unspecified atom stereocenters. The summed E-state index contributed by atoms with van der Waals surface area (Å²) in [4.78, 5) is 0.241. The van der Waals surface area contributed by atoms with Crippen molar-refractivity contribution < 1.29 is 13.5 Å². The summed E-state index contributed by atoms with van der Waals surface area (Å²) in [7, 11) is -3.51. The Morgan fingerprint density at radius 3 is 2.81 bits per heavy atom. The van der Waals surface area contributed by atoms with E-state index in [0.717, 1.165) is 18.4 Å². The largest absolute Gasteiger partial charge is 0.384 e. The van der Waals surface area contributed by atoms with E-state index in [4.69, 9.17) is 5.11 Å². The molecule has 1 saturated heterocycles. The molecule has 5 heteroatoms. The average molecular weight is 307 g/mol. The van der Waals surface area contributed by atoms with Crippen molar-refractivity contribution in [2.24, 2.45) is 5.92 Å². The summed E-state index contributed by atoms with van der Waals surface area (Å²) in [6.45, 7) is 4.85. The Kier molecular flexibility index (Phi) is 5.04. The van der Waals surface area contributed by atoms with Crippen molar-refractivity contribution >= 4 is 10.0 Å². The molecule has 1 heterocycles. The first kappa shape index (κ1) is 16.0. The van der Waals surface area contributed by atoms with Gasteiger partial charge in [-0.3, -0.25) is 0 Å². The van der Waals surface area contributed by atoms with Gasteiger partial charge in [0.05, 0.1) is 4.90 Å². The Balaban J connectivity index is 2.40. The lowest BCUT2D eigenvalue weighted by Crippen LogP contribution is -2.29. The average Bonchev–Trinajstić information content (AvgIpc) is 2.94. The van der Waals surface area contributed by atoms with E-state index in [1.54, 1.807) is 22.5 Å². The van der Waals surface area contributed by atoms with Crippen LogP contribution in [0.1, 0.15) is 30.9 Å². The highest BCUT2D eigenvalue weighted by Crippen LogP contribution is 2.27. The first-order valence-corrected chi connectivity index (χ1v) is 8.63. The minimum atomic E-state index is -3.51. The third-order valence-electron chi connectivity index (χ3n) is 3.88. The predicted molar refractivity (Wildman–Crippen MR) is 82.3 cm³/mol. The molecule has 0 radical (unpaired) electrons. The van der Waals surface area contributed by atoms with Gasteiger partial charge in [-0.1, -0.05) is 31.3 Å². The molecule has 1 aliphatic heterocycles. The first-order chi connectivity index (χ1) is 9.98.